The van der Waals surface area contributed by atoms with Gasteiger partial charge >= 0.3 is 0 Å². The van der Waals surface area contributed by atoms with Crippen LogP contribution in [0.25, 0.3) is 0 Å². The van der Waals surface area contributed by atoms with Gasteiger partial charge in [0.1, 0.15) is 12.3 Å². The summed E-state index contributed by atoms with van der Waals surface area (Å²) in [6.07, 6.45) is -1.83. The van der Waals surface area contributed by atoms with Crippen molar-refractivity contribution in [3.8, 4) is 0 Å². The maximum Gasteiger partial charge on any atom is 0.116 e. The van der Waals surface area contributed by atoms with Crippen molar-refractivity contribution in [1.82, 2.24) is 4.90 Å². The van der Waals surface area contributed by atoms with E-state index in [1.165, 1.54) is 0 Å². The van der Waals surface area contributed by atoms with Crippen LogP contribution >= 0.6 is 0 Å². The molecule has 0 aliphatic carbocycles. The number of likely N-dealkylation sites (tertiary alicyclic amines) is 1. The van der Waals surface area contributed by atoms with Gasteiger partial charge < -0.3 is 4.90 Å². The molecule has 0 amide bonds. The second-order valence-corrected chi connectivity index (χ2v) is 2.65. The Morgan fingerprint density at radius 1 is 1.22 bits per heavy atom. The van der Waals surface area contributed by atoms with Gasteiger partial charge in [0.15, 0.2) is 0 Å². The fourth-order valence-electron chi connectivity index (χ4n) is 1.18. The van der Waals surface area contributed by atoms with Crippen molar-refractivity contribution in [2.24, 2.45) is 0 Å². The first-order valence-corrected chi connectivity index (χ1v) is 3.15. The maximum atomic E-state index is 12.4. The Labute approximate surface area is 53.6 Å². The van der Waals surface area contributed by atoms with Crippen LogP contribution in [-0.4, -0.2) is 37.4 Å². The summed E-state index contributed by atoms with van der Waals surface area (Å²) in [5.74, 6) is 0. The zero-order chi connectivity index (χ0) is 6.85. The van der Waals surface area contributed by atoms with E-state index in [0.29, 0.717) is 13.1 Å². The van der Waals surface area contributed by atoms with Gasteiger partial charge in [-0.05, 0) is 7.05 Å². The maximum absolute atomic E-state index is 12.4. The number of halogens is 2. The molecule has 0 aromatic rings. The minimum atomic E-state index is -0.959. The van der Waals surface area contributed by atoms with Crippen LogP contribution in [0.3, 0.4) is 0 Å². The number of alkyl halides is 2. The van der Waals surface area contributed by atoms with Gasteiger partial charge in [-0.2, -0.15) is 0 Å². The van der Waals surface area contributed by atoms with E-state index >= 15 is 0 Å². The highest BCUT2D eigenvalue weighted by Gasteiger charge is 2.23. The Hall–Kier alpha value is -0.180. The molecule has 1 nitrogen and oxygen atoms in total. The zero-order valence-corrected chi connectivity index (χ0v) is 5.48. The number of nitrogens with zero attached hydrogens (tertiary/aromatic N) is 1. The zero-order valence-electron chi connectivity index (χ0n) is 5.48. The van der Waals surface area contributed by atoms with Gasteiger partial charge in [0.25, 0.3) is 0 Å². The number of rotatable bonds is 0. The SMILES string of the molecule is CN1C[C@H](F)C[C@H](F)C1. The molecule has 54 valence electrons. The summed E-state index contributed by atoms with van der Waals surface area (Å²) in [6.45, 7) is 0.779. The standard InChI is InChI=1S/C6H11F2N/c1-9-3-5(7)2-6(8)4-9/h5-6H,2-4H2,1H3/t5-,6+. The second kappa shape index (κ2) is 2.60. The van der Waals surface area contributed by atoms with E-state index in [1.54, 1.807) is 11.9 Å². The molecule has 3 heteroatoms. The largest absolute Gasteiger partial charge is 0.301 e. The smallest absolute Gasteiger partial charge is 0.116 e. The van der Waals surface area contributed by atoms with Crippen LogP contribution in [0.15, 0.2) is 0 Å². The molecule has 0 aromatic carbocycles. The molecule has 0 radical (unpaired) electrons. The average Bonchev–Trinajstić information content (AvgIpc) is 1.59. The topological polar surface area (TPSA) is 3.24 Å². The van der Waals surface area contributed by atoms with E-state index in [0.717, 1.165) is 0 Å². The van der Waals surface area contributed by atoms with Crippen LogP contribution in [0.1, 0.15) is 6.42 Å². The Bertz CT molecular complexity index is 72.0. The van der Waals surface area contributed by atoms with Crippen molar-refractivity contribution in [2.75, 3.05) is 20.1 Å². The minimum Gasteiger partial charge on any atom is -0.301 e. The molecule has 0 unspecified atom stereocenters. The van der Waals surface area contributed by atoms with Gasteiger partial charge in [0.05, 0.1) is 0 Å². The normalized spacial score (nSPS) is 39.0. The summed E-state index contributed by atoms with van der Waals surface area (Å²) in [5.41, 5.74) is 0. The molecule has 0 N–H and O–H groups in total. The van der Waals surface area contributed by atoms with E-state index in [-0.39, 0.29) is 6.42 Å². The average molecular weight is 135 g/mol. The van der Waals surface area contributed by atoms with E-state index in [9.17, 15) is 8.78 Å². The molecule has 9 heavy (non-hydrogen) atoms. The summed E-state index contributed by atoms with van der Waals surface area (Å²) in [4.78, 5) is 1.68. The molecular formula is C6H11F2N. The van der Waals surface area contributed by atoms with Crippen LogP contribution < -0.4 is 0 Å². The molecule has 1 aliphatic rings. The van der Waals surface area contributed by atoms with Crippen molar-refractivity contribution in [2.45, 2.75) is 18.8 Å². The van der Waals surface area contributed by atoms with E-state index < -0.39 is 12.3 Å². The minimum absolute atomic E-state index is 0.0876. The third kappa shape index (κ3) is 1.90. The van der Waals surface area contributed by atoms with Gasteiger partial charge in [-0.25, -0.2) is 8.78 Å². The lowest BCUT2D eigenvalue weighted by molar-refractivity contribution is 0.0917. The molecular weight excluding hydrogens is 124 g/mol. The number of hydrogen-bond donors (Lipinski definition) is 0. The van der Waals surface area contributed by atoms with Crippen molar-refractivity contribution in [3.05, 3.63) is 0 Å². The van der Waals surface area contributed by atoms with Crippen LogP contribution in [0.2, 0.25) is 0 Å². The van der Waals surface area contributed by atoms with Gasteiger partial charge in [0.2, 0.25) is 0 Å². The predicted octanol–water partition coefficient (Wildman–Crippen LogP) is 0.998. The van der Waals surface area contributed by atoms with E-state index in [2.05, 4.69) is 0 Å². The van der Waals surface area contributed by atoms with Gasteiger partial charge in [-0.15, -0.1) is 0 Å². The molecule has 1 aliphatic heterocycles. The first kappa shape index (κ1) is 6.93. The summed E-state index contributed by atoms with van der Waals surface area (Å²) < 4.78 is 24.8. The van der Waals surface area contributed by atoms with Crippen LogP contribution in [-0.2, 0) is 0 Å². The van der Waals surface area contributed by atoms with Gasteiger partial charge in [0, 0.05) is 19.5 Å². The highest BCUT2D eigenvalue weighted by molar-refractivity contribution is 4.76. The van der Waals surface area contributed by atoms with Crippen molar-refractivity contribution < 1.29 is 8.78 Å². The Morgan fingerprint density at radius 3 is 2.00 bits per heavy atom. The first-order chi connectivity index (χ1) is 4.18. The summed E-state index contributed by atoms with van der Waals surface area (Å²) >= 11 is 0. The number of piperidine rings is 1. The Morgan fingerprint density at radius 2 is 1.67 bits per heavy atom. The Kier molecular flexibility index (Phi) is 2.01. The third-order valence-corrected chi connectivity index (χ3v) is 1.53. The summed E-state index contributed by atoms with van der Waals surface area (Å²) in [7, 11) is 1.73. The summed E-state index contributed by atoms with van der Waals surface area (Å²) in [5, 5.41) is 0. The molecule has 1 rings (SSSR count). The van der Waals surface area contributed by atoms with E-state index in [1.807, 2.05) is 0 Å². The molecule has 1 fully saturated rings. The quantitative estimate of drug-likeness (QED) is 0.479. The highest BCUT2D eigenvalue weighted by Crippen LogP contribution is 2.14. The fourth-order valence-corrected chi connectivity index (χ4v) is 1.18. The van der Waals surface area contributed by atoms with Crippen molar-refractivity contribution in [3.63, 3.8) is 0 Å². The van der Waals surface area contributed by atoms with Crippen LogP contribution in [0.4, 0.5) is 8.78 Å². The molecule has 2 atom stereocenters. The van der Waals surface area contributed by atoms with Crippen molar-refractivity contribution >= 4 is 0 Å². The van der Waals surface area contributed by atoms with Gasteiger partial charge in [-0.1, -0.05) is 0 Å². The molecule has 1 heterocycles. The molecule has 0 spiro atoms. The fraction of sp³-hybridized carbons (Fsp3) is 1.00. The molecule has 0 saturated carbocycles. The Balaban J connectivity index is 2.34. The van der Waals surface area contributed by atoms with Crippen molar-refractivity contribution in [1.29, 1.82) is 0 Å². The highest BCUT2D eigenvalue weighted by atomic mass is 19.1. The third-order valence-electron chi connectivity index (χ3n) is 1.53. The lowest BCUT2D eigenvalue weighted by Crippen LogP contribution is -2.39. The van der Waals surface area contributed by atoms with Crippen LogP contribution in [0.5, 0.6) is 0 Å². The summed E-state index contributed by atoms with van der Waals surface area (Å²) in [6, 6.07) is 0. The predicted molar refractivity (Wildman–Crippen MR) is 31.9 cm³/mol. The first-order valence-electron chi connectivity index (χ1n) is 3.15. The lowest BCUT2D eigenvalue weighted by Gasteiger charge is -2.27. The molecule has 0 aromatic heterocycles. The number of hydrogen-bond acceptors (Lipinski definition) is 1. The van der Waals surface area contributed by atoms with E-state index in [4.69, 9.17) is 0 Å². The van der Waals surface area contributed by atoms with Crippen LogP contribution in [0, 0.1) is 0 Å². The molecule has 0 bridgehead atoms. The van der Waals surface area contributed by atoms with Gasteiger partial charge in [-0.3, -0.25) is 0 Å². The second-order valence-electron chi connectivity index (χ2n) is 2.65. The lowest BCUT2D eigenvalue weighted by atomic mass is 10.1. The monoisotopic (exact) mass is 135 g/mol. The molecule has 1 saturated heterocycles.